The third-order valence-electron chi connectivity index (χ3n) is 3.53. The van der Waals surface area contributed by atoms with Gasteiger partial charge in [0.15, 0.2) is 0 Å². The number of halogens is 1. The van der Waals surface area contributed by atoms with Gasteiger partial charge in [0, 0.05) is 16.3 Å². The van der Waals surface area contributed by atoms with Gasteiger partial charge in [-0.05, 0) is 23.7 Å². The average molecular weight is 281 g/mol. The topological polar surface area (TPSA) is 45.8 Å². The van der Waals surface area contributed by atoms with Gasteiger partial charge < -0.3 is 4.98 Å². The Morgan fingerprint density at radius 2 is 1.70 bits per heavy atom. The van der Waals surface area contributed by atoms with Gasteiger partial charge in [0.2, 0.25) is 0 Å². The monoisotopic (exact) mass is 280 g/mol. The lowest BCUT2D eigenvalue weighted by molar-refractivity contribution is 0.108. The number of para-hydroxylation sites is 2. The van der Waals surface area contributed by atoms with Crippen LogP contribution >= 0.6 is 11.6 Å². The molecule has 2 aromatic heterocycles. The van der Waals surface area contributed by atoms with E-state index in [0.29, 0.717) is 11.1 Å². The molecule has 0 bridgehead atoms. The Bertz CT molecular complexity index is 988. The Morgan fingerprint density at radius 3 is 2.50 bits per heavy atom. The summed E-state index contributed by atoms with van der Waals surface area (Å²) >= 11 is 5.80. The van der Waals surface area contributed by atoms with Gasteiger partial charge in [-0.1, -0.05) is 36.4 Å². The molecule has 0 unspecified atom stereocenters. The van der Waals surface area contributed by atoms with E-state index in [1.165, 1.54) is 0 Å². The lowest BCUT2D eigenvalue weighted by Crippen LogP contribution is -1.95. The molecule has 0 aliphatic carbocycles. The lowest BCUT2D eigenvalue weighted by Gasteiger charge is -2.03. The van der Waals surface area contributed by atoms with Gasteiger partial charge >= 0.3 is 0 Å². The number of aromatic nitrogens is 2. The second-order valence-corrected chi connectivity index (χ2v) is 5.02. The minimum Gasteiger partial charge on any atom is -0.353 e. The summed E-state index contributed by atoms with van der Waals surface area (Å²) in [5, 5.41) is 1.29. The zero-order valence-electron chi connectivity index (χ0n) is 10.4. The van der Waals surface area contributed by atoms with E-state index in [1.54, 1.807) is 0 Å². The minimum absolute atomic E-state index is 0.472. The van der Waals surface area contributed by atoms with Crippen molar-refractivity contribution in [2.75, 3.05) is 0 Å². The van der Waals surface area contributed by atoms with Crippen molar-refractivity contribution in [3.05, 3.63) is 54.1 Å². The number of hydrogen-bond acceptors (Lipinski definition) is 2. The minimum atomic E-state index is -0.472. The van der Waals surface area contributed by atoms with Crippen LogP contribution < -0.4 is 0 Å². The van der Waals surface area contributed by atoms with Gasteiger partial charge in [-0.15, -0.1) is 0 Å². The second-order valence-electron chi connectivity index (χ2n) is 4.67. The highest BCUT2D eigenvalue weighted by Crippen LogP contribution is 2.31. The van der Waals surface area contributed by atoms with Gasteiger partial charge in [0.05, 0.1) is 22.1 Å². The maximum atomic E-state index is 11.9. The summed E-state index contributed by atoms with van der Waals surface area (Å²) in [6.07, 6.45) is 0. The first kappa shape index (κ1) is 11.4. The van der Waals surface area contributed by atoms with Crippen LogP contribution in [0.5, 0.6) is 0 Å². The van der Waals surface area contributed by atoms with E-state index in [-0.39, 0.29) is 0 Å². The molecule has 0 aliphatic rings. The number of carbonyl (C=O) groups excluding carboxylic acids is 1. The van der Waals surface area contributed by atoms with E-state index in [1.807, 2.05) is 48.5 Å². The van der Waals surface area contributed by atoms with E-state index in [4.69, 9.17) is 11.6 Å². The van der Waals surface area contributed by atoms with E-state index in [9.17, 15) is 4.79 Å². The molecular weight excluding hydrogens is 272 g/mol. The fraction of sp³-hybridized carbons (Fsp3) is 0. The predicted molar refractivity (Wildman–Crippen MR) is 81.3 cm³/mol. The van der Waals surface area contributed by atoms with Gasteiger partial charge in [0.25, 0.3) is 5.24 Å². The Labute approximate surface area is 119 Å². The van der Waals surface area contributed by atoms with Gasteiger partial charge in [-0.3, -0.25) is 4.79 Å². The second kappa shape index (κ2) is 4.05. The number of pyridine rings is 1. The number of rotatable bonds is 1. The smallest absolute Gasteiger partial charge is 0.255 e. The Kier molecular flexibility index (Phi) is 2.32. The SMILES string of the molecule is O=C(Cl)c1c2ccccc2nc2c1[nH]c1ccccc12. The Hall–Kier alpha value is -2.39. The molecule has 0 saturated heterocycles. The molecule has 4 rings (SSSR count). The highest BCUT2D eigenvalue weighted by atomic mass is 35.5. The fourth-order valence-corrected chi connectivity index (χ4v) is 2.86. The van der Waals surface area contributed by atoms with E-state index in [0.717, 1.165) is 27.3 Å². The normalized spacial score (nSPS) is 11.4. The summed E-state index contributed by atoms with van der Waals surface area (Å²) in [5.74, 6) is 0. The third kappa shape index (κ3) is 1.47. The summed E-state index contributed by atoms with van der Waals surface area (Å²) < 4.78 is 0. The molecule has 2 aromatic carbocycles. The molecule has 1 N–H and O–H groups in total. The molecule has 4 heteroatoms. The molecule has 0 saturated carbocycles. The summed E-state index contributed by atoms with van der Waals surface area (Å²) in [5.41, 5.74) is 3.69. The van der Waals surface area contributed by atoms with Crippen LogP contribution in [0.2, 0.25) is 0 Å². The van der Waals surface area contributed by atoms with Crippen LogP contribution in [0.4, 0.5) is 0 Å². The molecule has 0 amide bonds. The molecule has 4 aromatic rings. The summed E-state index contributed by atoms with van der Waals surface area (Å²) in [6.45, 7) is 0. The summed E-state index contributed by atoms with van der Waals surface area (Å²) in [6, 6.07) is 15.4. The van der Waals surface area contributed by atoms with Crippen LogP contribution in [0.15, 0.2) is 48.5 Å². The Morgan fingerprint density at radius 1 is 1.00 bits per heavy atom. The zero-order chi connectivity index (χ0) is 13.7. The van der Waals surface area contributed by atoms with Crippen LogP contribution in [-0.2, 0) is 0 Å². The highest BCUT2D eigenvalue weighted by molar-refractivity contribution is 6.69. The van der Waals surface area contributed by atoms with E-state index in [2.05, 4.69) is 9.97 Å². The van der Waals surface area contributed by atoms with Crippen molar-refractivity contribution in [3.63, 3.8) is 0 Å². The predicted octanol–water partition coefficient (Wildman–Crippen LogP) is 4.25. The number of H-pyrrole nitrogens is 1. The molecule has 2 heterocycles. The van der Waals surface area contributed by atoms with Gasteiger partial charge in [-0.2, -0.15) is 0 Å². The van der Waals surface area contributed by atoms with Crippen molar-refractivity contribution < 1.29 is 4.79 Å². The van der Waals surface area contributed by atoms with Crippen molar-refractivity contribution in [2.24, 2.45) is 0 Å². The van der Waals surface area contributed by atoms with Crippen LogP contribution in [0.25, 0.3) is 32.8 Å². The molecule has 0 atom stereocenters. The largest absolute Gasteiger partial charge is 0.353 e. The number of aromatic amines is 1. The van der Waals surface area contributed by atoms with E-state index < -0.39 is 5.24 Å². The van der Waals surface area contributed by atoms with Gasteiger partial charge in [0.1, 0.15) is 0 Å². The van der Waals surface area contributed by atoms with Crippen molar-refractivity contribution in [2.45, 2.75) is 0 Å². The third-order valence-corrected chi connectivity index (χ3v) is 3.72. The number of carbonyl (C=O) groups is 1. The molecule has 0 spiro atoms. The molecule has 0 aliphatic heterocycles. The number of hydrogen-bond donors (Lipinski definition) is 1. The number of nitrogens with zero attached hydrogens (tertiary/aromatic N) is 1. The first-order valence-electron chi connectivity index (χ1n) is 6.25. The molecule has 96 valence electrons. The van der Waals surface area contributed by atoms with Crippen molar-refractivity contribution in [1.82, 2.24) is 9.97 Å². The lowest BCUT2D eigenvalue weighted by atomic mass is 10.1. The van der Waals surface area contributed by atoms with Crippen LogP contribution in [0.1, 0.15) is 10.4 Å². The van der Waals surface area contributed by atoms with Crippen molar-refractivity contribution in [3.8, 4) is 0 Å². The number of fused-ring (bicyclic) bond motifs is 4. The maximum absolute atomic E-state index is 11.9. The molecule has 0 fully saturated rings. The van der Waals surface area contributed by atoms with Crippen LogP contribution in [0.3, 0.4) is 0 Å². The molecule has 20 heavy (non-hydrogen) atoms. The quantitative estimate of drug-likeness (QED) is 0.530. The van der Waals surface area contributed by atoms with E-state index >= 15 is 0 Å². The molecular formula is C16H9ClN2O. The maximum Gasteiger partial charge on any atom is 0.255 e. The standard InChI is InChI=1S/C16H9ClN2O/c17-16(20)13-9-5-1-3-7-11(9)18-14-10-6-2-4-8-12(10)19-15(13)14/h1-8,19H. The fourth-order valence-electron chi connectivity index (χ4n) is 2.67. The average Bonchev–Trinajstić information content (AvgIpc) is 2.82. The van der Waals surface area contributed by atoms with Crippen LogP contribution in [-0.4, -0.2) is 15.2 Å². The van der Waals surface area contributed by atoms with Crippen molar-refractivity contribution in [1.29, 1.82) is 0 Å². The zero-order valence-corrected chi connectivity index (χ0v) is 11.1. The molecule has 0 radical (unpaired) electrons. The number of benzene rings is 2. The first-order valence-corrected chi connectivity index (χ1v) is 6.62. The van der Waals surface area contributed by atoms with Gasteiger partial charge in [-0.25, -0.2) is 4.98 Å². The Balaban J connectivity index is 2.34. The molecule has 3 nitrogen and oxygen atoms in total. The highest BCUT2D eigenvalue weighted by Gasteiger charge is 2.17. The summed E-state index contributed by atoms with van der Waals surface area (Å²) in [4.78, 5) is 19.8. The van der Waals surface area contributed by atoms with Crippen molar-refractivity contribution >= 4 is 49.7 Å². The first-order chi connectivity index (χ1) is 9.75. The number of nitrogens with one attached hydrogen (secondary N) is 1. The summed E-state index contributed by atoms with van der Waals surface area (Å²) in [7, 11) is 0. The van der Waals surface area contributed by atoms with Crippen LogP contribution in [0, 0.1) is 0 Å².